The Bertz CT molecular complexity index is 814. The molecule has 1 aliphatic carbocycles. The zero-order valence-electron chi connectivity index (χ0n) is 14.4. The highest BCUT2D eigenvalue weighted by Gasteiger charge is 2.11. The highest BCUT2D eigenvalue weighted by atomic mass is 15.1. The summed E-state index contributed by atoms with van der Waals surface area (Å²) in [6.45, 7) is 2.54. The van der Waals surface area contributed by atoms with Gasteiger partial charge in [-0.1, -0.05) is 30.4 Å². The van der Waals surface area contributed by atoms with Crippen molar-refractivity contribution in [3.63, 3.8) is 0 Å². The second-order valence-corrected chi connectivity index (χ2v) is 6.71. The molecule has 0 radical (unpaired) electrons. The normalized spacial score (nSPS) is 16.3. The number of anilines is 2. The van der Waals surface area contributed by atoms with Gasteiger partial charge in [0.2, 0.25) is 0 Å². The lowest BCUT2D eigenvalue weighted by Crippen LogP contribution is -2.22. The van der Waals surface area contributed by atoms with Gasteiger partial charge in [0.05, 0.1) is 6.54 Å². The van der Waals surface area contributed by atoms with Crippen LogP contribution in [0.25, 0.3) is 0 Å². The van der Waals surface area contributed by atoms with E-state index in [0.29, 0.717) is 12.5 Å². The average molecular weight is 332 g/mol. The van der Waals surface area contributed by atoms with Gasteiger partial charge in [0.25, 0.3) is 0 Å². The first-order chi connectivity index (χ1) is 12.3. The lowest BCUT2D eigenvalue weighted by molar-refractivity contribution is 0.912. The molecule has 1 heterocycles. The number of nitrogens with zero attached hydrogens (tertiary/aromatic N) is 2. The molecule has 2 aromatic rings. The van der Waals surface area contributed by atoms with E-state index in [1.807, 2.05) is 0 Å². The molecule has 0 fully saturated rings. The van der Waals surface area contributed by atoms with Gasteiger partial charge in [-0.2, -0.15) is 0 Å². The lowest BCUT2D eigenvalue weighted by Gasteiger charge is -2.18. The van der Waals surface area contributed by atoms with E-state index in [2.05, 4.69) is 69.8 Å². The molecule has 4 heteroatoms. The van der Waals surface area contributed by atoms with Crippen LogP contribution in [0.1, 0.15) is 23.1 Å². The maximum atomic E-state index is 6.08. The molecule has 0 spiro atoms. The Morgan fingerprint density at radius 3 is 2.76 bits per heavy atom. The van der Waals surface area contributed by atoms with Crippen LogP contribution in [0.3, 0.4) is 0 Å². The van der Waals surface area contributed by atoms with Gasteiger partial charge in [0, 0.05) is 24.5 Å². The number of nitrogens with one attached hydrogen (secondary N) is 1. The number of guanidine groups is 1. The van der Waals surface area contributed by atoms with Crippen LogP contribution >= 0.6 is 0 Å². The maximum Gasteiger partial charge on any atom is 0.193 e. The molecule has 4 nitrogen and oxygen atoms in total. The summed E-state index contributed by atoms with van der Waals surface area (Å²) in [6.07, 6.45) is 8.01. The molecule has 1 aliphatic heterocycles. The van der Waals surface area contributed by atoms with Crippen LogP contribution in [0.5, 0.6) is 0 Å². The Morgan fingerprint density at radius 1 is 1.04 bits per heavy atom. The number of rotatable bonds is 4. The summed E-state index contributed by atoms with van der Waals surface area (Å²) in [6, 6.07) is 15.0. The molecule has 0 amide bonds. The molecule has 25 heavy (non-hydrogen) atoms. The molecular weight excluding hydrogens is 308 g/mol. The summed E-state index contributed by atoms with van der Waals surface area (Å²) < 4.78 is 0. The Balaban J connectivity index is 1.40. The van der Waals surface area contributed by atoms with Gasteiger partial charge >= 0.3 is 0 Å². The molecule has 0 saturated carbocycles. The SMILES string of the molecule is NC(=NCc1cccc(N2CC=CC2)c1)Nc1ccc2c(c1)CCC2. The van der Waals surface area contributed by atoms with Crippen molar-refractivity contribution >= 4 is 17.3 Å². The summed E-state index contributed by atoms with van der Waals surface area (Å²) in [5.41, 5.74) is 12.4. The van der Waals surface area contributed by atoms with Gasteiger partial charge in [-0.25, -0.2) is 4.99 Å². The third-order valence-corrected chi connectivity index (χ3v) is 4.90. The van der Waals surface area contributed by atoms with E-state index in [1.165, 1.54) is 41.6 Å². The topological polar surface area (TPSA) is 53.6 Å². The molecule has 0 saturated heterocycles. The minimum atomic E-state index is 0.464. The van der Waals surface area contributed by atoms with Crippen molar-refractivity contribution in [3.05, 3.63) is 71.3 Å². The number of hydrogen-bond acceptors (Lipinski definition) is 2. The van der Waals surface area contributed by atoms with Crippen LogP contribution in [0, 0.1) is 0 Å². The molecule has 3 N–H and O–H groups in total. The van der Waals surface area contributed by atoms with Crippen LogP contribution in [-0.4, -0.2) is 19.0 Å². The summed E-state index contributed by atoms with van der Waals surface area (Å²) in [7, 11) is 0. The van der Waals surface area contributed by atoms with Gasteiger partial charge in [0.1, 0.15) is 0 Å². The summed E-state index contributed by atoms with van der Waals surface area (Å²) in [5.74, 6) is 0.464. The van der Waals surface area contributed by atoms with Crippen LogP contribution in [0.15, 0.2) is 59.6 Å². The van der Waals surface area contributed by atoms with Gasteiger partial charge in [-0.3, -0.25) is 0 Å². The number of benzene rings is 2. The fraction of sp³-hybridized carbons (Fsp3) is 0.286. The fourth-order valence-electron chi connectivity index (χ4n) is 3.55. The molecule has 0 unspecified atom stereocenters. The molecular formula is C21H24N4. The highest BCUT2D eigenvalue weighted by Crippen LogP contribution is 2.25. The van der Waals surface area contributed by atoms with Gasteiger partial charge in [0.15, 0.2) is 5.96 Å². The third kappa shape index (κ3) is 3.68. The van der Waals surface area contributed by atoms with Crippen LogP contribution in [0.4, 0.5) is 11.4 Å². The monoisotopic (exact) mass is 332 g/mol. The zero-order chi connectivity index (χ0) is 17.1. The molecule has 2 aromatic carbocycles. The van der Waals surface area contributed by atoms with E-state index < -0.39 is 0 Å². The van der Waals surface area contributed by atoms with Crippen molar-refractivity contribution in [2.24, 2.45) is 10.7 Å². The number of aliphatic imine (C=N–C) groups is 1. The third-order valence-electron chi connectivity index (χ3n) is 4.90. The molecule has 128 valence electrons. The Hall–Kier alpha value is -2.75. The first-order valence-corrected chi connectivity index (χ1v) is 8.95. The van der Waals surface area contributed by atoms with Crippen molar-refractivity contribution in [2.75, 3.05) is 23.3 Å². The largest absolute Gasteiger partial charge is 0.370 e. The Morgan fingerprint density at radius 2 is 1.88 bits per heavy atom. The second kappa shape index (κ2) is 7.01. The predicted octanol–water partition coefficient (Wildman–Crippen LogP) is 3.48. The minimum absolute atomic E-state index is 0.464. The highest BCUT2D eigenvalue weighted by molar-refractivity contribution is 5.92. The van der Waals surface area contributed by atoms with Crippen molar-refractivity contribution in [3.8, 4) is 0 Å². The number of aryl methyl sites for hydroxylation is 2. The summed E-state index contributed by atoms with van der Waals surface area (Å²) in [5, 5.41) is 3.22. The Labute approximate surface area is 149 Å². The quantitative estimate of drug-likeness (QED) is 0.512. The van der Waals surface area contributed by atoms with Gasteiger partial charge in [-0.05, 0) is 60.2 Å². The molecule has 0 atom stereocenters. The number of nitrogens with two attached hydrogens (primary N) is 1. The van der Waals surface area contributed by atoms with E-state index in [4.69, 9.17) is 5.73 Å². The van der Waals surface area contributed by atoms with E-state index in [0.717, 1.165) is 18.8 Å². The van der Waals surface area contributed by atoms with Gasteiger partial charge < -0.3 is 16.0 Å². The number of fused-ring (bicyclic) bond motifs is 1. The standard InChI is InChI=1S/C21H24N4/c22-21(24-19-10-9-17-6-4-7-18(17)14-19)23-15-16-5-3-8-20(13-16)25-11-1-2-12-25/h1-3,5,8-10,13-14H,4,6-7,11-12,15H2,(H3,22,23,24). The number of hydrogen-bond donors (Lipinski definition) is 2. The summed E-state index contributed by atoms with van der Waals surface area (Å²) in [4.78, 5) is 6.83. The molecule has 0 bridgehead atoms. The molecule has 2 aliphatic rings. The minimum Gasteiger partial charge on any atom is -0.370 e. The van der Waals surface area contributed by atoms with Gasteiger partial charge in [-0.15, -0.1) is 0 Å². The van der Waals surface area contributed by atoms with Crippen molar-refractivity contribution in [1.29, 1.82) is 0 Å². The van der Waals surface area contributed by atoms with Crippen molar-refractivity contribution in [2.45, 2.75) is 25.8 Å². The molecule has 4 rings (SSSR count). The first-order valence-electron chi connectivity index (χ1n) is 8.95. The van der Waals surface area contributed by atoms with Crippen LogP contribution in [-0.2, 0) is 19.4 Å². The smallest absolute Gasteiger partial charge is 0.193 e. The van der Waals surface area contributed by atoms with E-state index in [-0.39, 0.29) is 0 Å². The van der Waals surface area contributed by atoms with E-state index >= 15 is 0 Å². The summed E-state index contributed by atoms with van der Waals surface area (Å²) >= 11 is 0. The van der Waals surface area contributed by atoms with Crippen LogP contribution in [0.2, 0.25) is 0 Å². The lowest BCUT2D eigenvalue weighted by atomic mass is 10.1. The van der Waals surface area contributed by atoms with E-state index in [1.54, 1.807) is 0 Å². The second-order valence-electron chi connectivity index (χ2n) is 6.71. The Kier molecular flexibility index (Phi) is 4.42. The first kappa shape index (κ1) is 15.8. The maximum absolute atomic E-state index is 6.08. The predicted molar refractivity (Wildman–Crippen MR) is 105 cm³/mol. The average Bonchev–Trinajstić information content (AvgIpc) is 3.31. The van der Waals surface area contributed by atoms with Crippen molar-refractivity contribution in [1.82, 2.24) is 0 Å². The fourth-order valence-corrected chi connectivity index (χ4v) is 3.55. The van der Waals surface area contributed by atoms with E-state index in [9.17, 15) is 0 Å². The zero-order valence-corrected chi connectivity index (χ0v) is 14.4. The van der Waals surface area contributed by atoms with Crippen molar-refractivity contribution < 1.29 is 0 Å². The molecule has 0 aromatic heterocycles. The van der Waals surface area contributed by atoms with Crippen LogP contribution < -0.4 is 16.0 Å².